The second kappa shape index (κ2) is 40.7. The van der Waals surface area contributed by atoms with Gasteiger partial charge in [0.05, 0.1) is 48.1 Å². The van der Waals surface area contributed by atoms with Crippen LogP contribution in [-0.2, 0) is 6.42 Å². The van der Waals surface area contributed by atoms with Crippen LogP contribution in [0.2, 0.25) is 0 Å². The molecule has 1 atom stereocenters. The summed E-state index contributed by atoms with van der Waals surface area (Å²) in [4.78, 5) is 116. The average Bonchev–Trinajstić information content (AvgIpc) is 1.62. The summed E-state index contributed by atoms with van der Waals surface area (Å²) >= 11 is 4.86. The summed E-state index contributed by atoms with van der Waals surface area (Å²) in [5.41, 5.74) is 6.13. The topological polar surface area (TPSA) is 388 Å². The van der Waals surface area contributed by atoms with Crippen molar-refractivity contribution in [1.82, 2.24) is 90.0 Å². The van der Waals surface area contributed by atoms with Crippen molar-refractivity contribution in [2.24, 2.45) is 5.92 Å². The molecule has 4 aromatic carbocycles. The van der Waals surface area contributed by atoms with Gasteiger partial charge in [-0.25, -0.2) is 73.0 Å². The van der Waals surface area contributed by atoms with Gasteiger partial charge in [-0.1, -0.05) is 63.5 Å². The summed E-state index contributed by atoms with van der Waals surface area (Å²) in [6.45, 7) is 20.1. The van der Waals surface area contributed by atoms with E-state index in [1.54, 1.807) is 23.4 Å². The van der Waals surface area contributed by atoms with Gasteiger partial charge >= 0.3 is 0 Å². The Morgan fingerprint density at radius 3 is 1.43 bits per heavy atom. The zero-order valence-electron chi connectivity index (χ0n) is 67.1. The van der Waals surface area contributed by atoms with Crippen LogP contribution in [0, 0.1) is 23.4 Å². The van der Waals surface area contributed by atoms with Gasteiger partial charge in [-0.05, 0) is 167 Å². The average molecular weight is 1720 g/mol. The van der Waals surface area contributed by atoms with E-state index in [0.717, 1.165) is 118 Å². The van der Waals surface area contributed by atoms with Crippen molar-refractivity contribution in [3.63, 3.8) is 0 Å². The van der Waals surface area contributed by atoms with Crippen LogP contribution >= 0.6 is 45.3 Å². The standard InChI is InChI=1S/C22H27FN6O2S.C22H26FN5O3S.C19H20N6OS.C18H20FN5O4S/c1-14(2)31-17-12-15(23)6-7-16(17)27-19-18-21(26-13-25-19)32-22(28-18)20(30)24-8-5-11-29-9-3-4-10-29;1-13(2)31-17-11-15(23)3-4-16(17)26-19-18-20(25-12-24-19)32-21(27-18)22(30)28-8-5-14(6-9-28)7-10-29;1-23-8-10-24(11-9-23)19(26)18-22-15-16(20-12-21-17(15)27-18)25-7-6-13-4-2-3-5-14(13)25;1-9(2)28-13-5-10(19)3-4-12(13)23-15-14-17(22-8-21-15)29-18(24-14)16(27)20-6-11(26)7-25/h6-7,12-14H,3-5,8-11H2,1-2H3,(H,24,30)(H,25,26,27);3-4,11-14,29H,5-10H2,1-2H3,(H,24,25,26);2-5,12H,6-11H2,1H3;3-5,8-9,11,25-26H,6-7H2,1-2H3,(H,20,27)(H,21,22,23). The van der Waals surface area contributed by atoms with Crippen molar-refractivity contribution in [2.45, 2.75) is 111 Å². The zero-order chi connectivity index (χ0) is 84.5. The third kappa shape index (κ3) is 22.3. The molecule has 16 rings (SSSR count). The molecule has 0 radical (unpaired) electrons. The number of aliphatic hydroxyl groups is 3. The van der Waals surface area contributed by atoms with Crippen molar-refractivity contribution in [3.8, 4) is 17.2 Å². The van der Waals surface area contributed by atoms with Gasteiger partial charge in [0, 0.05) is 89.4 Å². The maximum absolute atomic E-state index is 13.7. The zero-order valence-corrected chi connectivity index (χ0v) is 70.4. The fourth-order valence-corrected chi connectivity index (χ4v) is 16.9. The molecule has 3 fully saturated rings. The Balaban J connectivity index is 0.000000139. The van der Waals surface area contributed by atoms with Gasteiger partial charge in [-0.2, -0.15) is 0 Å². The molecular formula is C81H93F3N22O10S4. The van der Waals surface area contributed by atoms with Gasteiger partial charge in [0.2, 0.25) is 0 Å². The first-order valence-electron chi connectivity index (χ1n) is 39.5. The number of benzene rings is 4. The number of fused-ring (bicyclic) bond motifs is 5. The highest BCUT2D eigenvalue weighted by atomic mass is 32.1. The third-order valence-corrected chi connectivity index (χ3v) is 23.2. The second-order valence-corrected chi connectivity index (χ2v) is 33.3. The first kappa shape index (κ1) is 86.7. The number of carbonyl (C=O) groups is 4. The summed E-state index contributed by atoms with van der Waals surface area (Å²) in [6, 6.07) is 20.9. The van der Waals surface area contributed by atoms with Crippen LogP contribution in [0.5, 0.6) is 17.2 Å². The summed E-state index contributed by atoms with van der Waals surface area (Å²) in [6.07, 6.45) is 11.2. The SMILES string of the molecule is CC(C)Oc1cc(F)ccc1Nc1ncnc2sc(C(=O)N3CCC(CCO)CC3)nc12.CC(C)Oc1cc(F)ccc1Nc1ncnc2sc(C(=O)NCC(O)CO)nc12.CC(C)Oc1cc(F)ccc1Nc1ncnc2sc(C(=O)NCCCN3CCCC3)nc12.CN1CCN(C(=O)c2nc3c(N4CCc5ccccc54)ncnc3s2)CC1. The van der Waals surface area contributed by atoms with Gasteiger partial charge in [0.25, 0.3) is 23.6 Å². The lowest BCUT2D eigenvalue weighted by Crippen LogP contribution is -2.47. The maximum atomic E-state index is 13.7. The minimum Gasteiger partial charge on any atom is -0.489 e. The number of thiazole rings is 4. The molecule has 4 amide bonds. The van der Waals surface area contributed by atoms with Crippen LogP contribution < -0.4 is 45.7 Å². The number of likely N-dealkylation sites (tertiary alicyclic amines) is 2. The Morgan fingerprint density at radius 1 is 0.517 bits per heavy atom. The van der Waals surface area contributed by atoms with Crippen molar-refractivity contribution >= 4 is 156 Å². The minimum absolute atomic E-state index is 0.00104. The Kier molecular flexibility index (Phi) is 29.4. The Bertz CT molecular complexity index is 5550. The summed E-state index contributed by atoms with van der Waals surface area (Å²) in [7, 11) is 2.08. The molecule has 0 spiro atoms. The molecule has 32 nitrogen and oxygen atoms in total. The fraction of sp³-hybridized carbons (Fsp3) is 0.407. The number of rotatable bonds is 26. The number of halogens is 3. The van der Waals surface area contributed by atoms with Crippen molar-refractivity contribution < 1.29 is 61.9 Å². The van der Waals surface area contributed by atoms with Crippen LogP contribution in [0.25, 0.3) is 41.4 Å². The van der Waals surface area contributed by atoms with E-state index in [2.05, 4.69) is 126 Å². The highest BCUT2D eigenvalue weighted by Gasteiger charge is 2.31. The van der Waals surface area contributed by atoms with Crippen LogP contribution in [-0.4, -0.2) is 242 Å². The molecule has 0 saturated carbocycles. The van der Waals surface area contributed by atoms with Crippen molar-refractivity contribution in [3.05, 3.63) is 147 Å². The maximum Gasteiger partial charge on any atom is 0.283 e. The lowest BCUT2D eigenvalue weighted by atomic mass is 9.94. The number of aromatic nitrogens is 12. The number of anilines is 8. The van der Waals surface area contributed by atoms with E-state index in [1.165, 1.54) is 114 Å². The molecule has 632 valence electrons. The number of hydrogen-bond acceptors (Lipinski definition) is 32. The summed E-state index contributed by atoms with van der Waals surface area (Å²) in [5, 5.41) is 43.4. The number of amides is 4. The molecule has 4 aliphatic rings. The number of hydrogen-bond donors (Lipinski definition) is 8. The molecule has 1 unspecified atom stereocenters. The number of likely N-dealkylation sites (N-methyl/N-ethyl adjacent to an activating group) is 1. The number of nitrogens with one attached hydrogen (secondary N) is 5. The van der Waals surface area contributed by atoms with Gasteiger partial charge in [-0.15, -0.1) is 0 Å². The van der Waals surface area contributed by atoms with Crippen LogP contribution in [0.4, 0.5) is 59.2 Å². The molecule has 8 aromatic heterocycles. The van der Waals surface area contributed by atoms with Gasteiger partial charge in [0.1, 0.15) is 101 Å². The quantitative estimate of drug-likeness (QED) is 0.0233. The molecule has 0 bridgehead atoms. The first-order chi connectivity index (χ1) is 58.0. The number of carbonyl (C=O) groups excluding carboxylic acids is 4. The van der Waals surface area contributed by atoms with E-state index in [9.17, 15) is 37.5 Å². The van der Waals surface area contributed by atoms with Crippen LogP contribution in [0.15, 0.2) is 104 Å². The third-order valence-electron chi connectivity index (χ3n) is 19.4. The number of nitrogens with zero attached hydrogens (tertiary/aromatic N) is 17. The molecular weight excluding hydrogens is 1630 g/mol. The highest BCUT2D eigenvalue weighted by molar-refractivity contribution is 7.21. The van der Waals surface area contributed by atoms with Crippen LogP contribution in [0.3, 0.4) is 0 Å². The monoisotopic (exact) mass is 1720 g/mol. The van der Waals surface area contributed by atoms with E-state index in [1.807, 2.05) is 52.5 Å². The number of ether oxygens (including phenoxy) is 3. The summed E-state index contributed by atoms with van der Waals surface area (Å²) in [5.74, 6) is 1.43. The van der Waals surface area contributed by atoms with E-state index < -0.39 is 36.1 Å². The lowest BCUT2D eigenvalue weighted by Gasteiger charge is -2.31. The molecule has 4 aliphatic heterocycles. The van der Waals surface area contributed by atoms with E-state index in [4.69, 9.17) is 24.4 Å². The fourth-order valence-electron chi connectivity index (χ4n) is 13.5. The van der Waals surface area contributed by atoms with E-state index in [0.29, 0.717) is 123 Å². The second-order valence-electron chi connectivity index (χ2n) is 29.4. The molecule has 8 N–H and O–H groups in total. The number of aliphatic hydroxyl groups excluding tert-OH is 3. The first-order valence-corrected chi connectivity index (χ1v) is 42.7. The highest BCUT2D eigenvalue weighted by Crippen LogP contribution is 2.40. The van der Waals surface area contributed by atoms with Gasteiger partial charge < -0.3 is 80.6 Å². The smallest absolute Gasteiger partial charge is 0.283 e. The van der Waals surface area contributed by atoms with E-state index >= 15 is 0 Å². The largest absolute Gasteiger partial charge is 0.489 e. The van der Waals surface area contributed by atoms with Gasteiger partial charge in [-0.3, -0.25) is 19.2 Å². The number of piperidine rings is 1. The number of para-hydroxylation sites is 1. The van der Waals surface area contributed by atoms with Crippen LogP contribution in [0.1, 0.15) is 125 Å². The lowest BCUT2D eigenvalue weighted by molar-refractivity contribution is 0.0660. The Morgan fingerprint density at radius 2 is 0.950 bits per heavy atom. The molecule has 39 heteroatoms. The molecule has 3 saturated heterocycles. The molecule has 12 heterocycles. The molecule has 120 heavy (non-hydrogen) atoms. The van der Waals surface area contributed by atoms with Crippen molar-refractivity contribution in [1.29, 1.82) is 0 Å². The normalized spacial score (nSPS) is 14.7. The Hall–Kier alpha value is -11.2. The predicted molar refractivity (Wildman–Crippen MR) is 456 cm³/mol. The number of piperazine rings is 1. The van der Waals surface area contributed by atoms with Crippen molar-refractivity contribution in [2.75, 3.05) is 120 Å². The summed E-state index contributed by atoms with van der Waals surface area (Å²) < 4.78 is 58.1. The van der Waals surface area contributed by atoms with Gasteiger partial charge in [0.15, 0.2) is 43.3 Å². The Labute approximate surface area is 705 Å². The van der Waals surface area contributed by atoms with E-state index in [-0.39, 0.29) is 54.2 Å². The predicted octanol–water partition coefficient (Wildman–Crippen LogP) is 12.0. The minimum atomic E-state index is -1.05. The molecule has 0 aliphatic carbocycles. The molecule has 12 aromatic rings.